The van der Waals surface area contributed by atoms with Gasteiger partial charge >= 0.3 is 11.1 Å². The second-order valence-electron chi connectivity index (χ2n) is 7.92. The highest BCUT2D eigenvalue weighted by Gasteiger charge is 2.28. The van der Waals surface area contributed by atoms with E-state index in [1.165, 1.54) is 27.8 Å². The highest BCUT2D eigenvalue weighted by Crippen LogP contribution is 2.32. The van der Waals surface area contributed by atoms with Gasteiger partial charge in [-0.25, -0.2) is 9.37 Å². The van der Waals surface area contributed by atoms with Crippen LogP contribution in [-0.4, -0.2) is 48.2 Å². The molecule has 1 aliphatic rings. The Labute approximate surface area is 187 Å². The Morgan fingerprint density at radius 1 is 1.35 bits per heavy atom. The SMILES string of the molecule is C[C@](O)(CCN1CCc2sc(-c3ccc(F)cc3)nc2C1)Cn1cc([N+](=O)[O-])nc1Cl. The van der Waals surface area contributed by atoms with E-state index in [1.54, 1.807) is 30.4 Å². The lowest BCUT2D eigenvalue weighted by molar-refractivity contribution is -0.389. The van der Waals surface area contributed by atoms with Crippen molar-refractivity contribution in [2.75, 3.05) is 13.1 Å². The van der Waals surface area contributed by atoms with Crippen molar-refractivity contribution in [1.82, 2.24) is 19.4 Å². The van der Waals surface area contributed by atoms with E-state index in [-0.39, 0.29) is 23.5 Å². The number of benzene rings is 1. The second kappa shape index (κ2) is 8.62. The Morgan fingerprint density at radius 3 is 2.77 bits per heavy atom. The predicted octanol–water partition coefficient (Wildman–Crippen LogP) is 3.91. The number of halogens is 2. The molecule has 8 nitrogen and oxygen atoms in total. The number of fused-ring (bicyclic) bond motifs is 1. The van der Waals surface area contributed by atoms with Gasteiger partial charge < -0.3 is 15.2 Å². The van der Waals surface area contributed by atoms with Crippen molar-refractivity contribution in [3.05, 3.63) is 62.2 Å². The average Bonchev–Trinajstić information content (AvgIpc) is 3.30. The minimum atomic E-state index is -1.11. The fourth-order valence-electron chi connectivity index (χ4n) is 3.58. The van der Waals surface area contributed by atoms with Gasteiger partial charge in [-0.2, -0.15) is 0 Å². The number of hydrogen-bond acceptors (Lipinski definition) is 7. The number of nitro groups is 1. The molecule has 0 saturated carbocycles. The van der Waals surface area contributed by atoms with Gasteiger partial charge in [0.1, 0.15) is 17.0 Å². The molecule has 2 aromatic heterocycles. The third-order valence-electron chi connectivity index (χ3n) is 5.28. The van der Waals surface area contributed by atoms with Crippen LogP contribution >= 0.6 is 22.9 Å². The molecule has 0 bridgehead atoms. The molecular formula is C20H21ClFN5O3S. The van der Waals surface area contributed by atoms with Crippen LogP contribution in [0.15, 0.2) is 30.5 Å². The van der Waals surface area contributed by atoms with Crippen LogP contribution in [0.3, 0.4) is 0 Å². The maximum atomic E-state index is 13.2. The van der Waals surface area contributed by atoms with E-state index >= 15 is 0 Å². The normalized spacial score (nSPS) is 16.1. The zero-order chi connectivity index (χ0) is 22.2. The quantitative estimate of drug-likeness (QED) is 0.419. The predicted molar refractivity (Wildman–Crippen MR) is 116 cm³/mol. The molecule has 0 fully saturated rings. The molecule has 0 saturated heterocycles. The number of nitrogens with zero attached hydrogens (tertiary/aromatic N) is 5. The van der Waals surface area contributed by atoms with Gasteiger partial charge in [0.25, 0.3) is 0 Å². The number of aromatic nitrogens is 3. The number of rotatable bonds is 7. The minimum absolute atomic E-state index is 0.0228. The topological polar surface area (TPSA) is 97.3 Å². The number of hydrogen-bond donors (Lipinski definition) is 1. The smallest absolute Gasteiger partial charge is 0.383 e. The molecule has 0 amide bonds. The maximum absolute atomic E-state index is 13.2. The summed E-state index contributed by atoms with van der Waals surface area (Å²) in [6.45, 7) is 3.97. The molecule has 31 heavy (non-hydrogen) atoms. The second-order valence-corrected chi connectivity index (χ2v) is 9.34. The molecule has 0 aliphatic carbocycles. The summed E-state index contributed by atoms with van der Waals surface area (Å²) in [6.07, 6.45) is 2.56. The van der Waals surface area contributed by atoms with Crippen molar-refractivity contribution in [2.24, 2.45) is 0 Å². The first-order chi connectivity index (χ1) is 14.7. The van der Waals surface area contributed by atoms with E-state index in [1.807, 2.05) is 0 Å². The van der Waals surface area contributed by atoms with Crippen LogP contribution in [0.4, 0.5) is 10.2 Å². The monoisotopic (exact) mass is 465 g/mol. The molecule has 11 heteroatoms. The van der Waals surface area contributed by atoms with Crippen LogP contribution < -0.4 is 0 Å². The zero-order valence-electron chi connectivity index (χ0n) is 16.8. The Morgan fingerprint density at radius 2 is 2.10 bits per heavy atom. The van der Waals surface area contributed by atoms with Crippen molar-refractivity contribution in [2.45, 2.75) is 38.5 Å². The largest absolute Gasteiger partial charge is 0.388 e. The molecule has 1 aromatic carbocycles. The first-order valence-corrected chi connectivity index (χ1v) is 11.0. The van der Waals surface area contributed by atoms with Gasteiger partial charge in [-0.1, -0.05) is 0 Å². The third-order valence-corrected chi connectivity index (χ3v) is 6.79. The van der Waals surface area contributed by atoms with E-state index in [0.29, 0.717) is 19.5 Å². The molecule has 0 radical (unpaired) electrons. The van der Waals surface area contributed by atoms with Crippen LogP contribution in [0.25, 0.3) is 10.6 Å². The van der Waals surface area contributed by atoms with Gasteiger partial charge in [0.05, 0.1) is 17.8 Å². The first-order valence-electron chi connectivity index (χ1n) is 9.76. The van der Waals surface area contributed by atoms with Gasteiger partial charge in [0.15, 0.2) is 0 Å². The van der Waals surface area contributed by atoms with Crippen molar-refractivity contribution in [1.29, 1.82) is 0 Å². The Hall–Kier alpha value is -2.40. The number of aliphatic hydroxyl groups is 1. The summed E-state index contributed by atoms with van der Waals surface area (Å²) < 4.78 is 14.6. The molecular weight excluding hydrogens is 445 g/mol. The average molecular weight is 466 g/mol. The van der Waals surface area contributed by atoms with Crippen LogP contribution in [-0.2, 0) is 19.5 Å². The van der Waals surface area contributed by atoms with Gasteiger partial charge in [-0.15, -0.1) is 11.3 Å². The van der Waals surface area contributed by atoms with E-state index < -0.39 is 10.5 Å². The fourth-order valence-corrected chi connectivity index (χ4v) is 4.84. The summed E-state index contributed by atoms with van der Waals surface area (Å²) >= 11 is 7.60. The lowest BCUT2D eigenvalue weighted by Gasteiger charge is -2.30. The van der Waals surface area contributed by atoms with Crippen molar-refractivity contribution in [3.8, 4) is 10.6 Å². The lowest BCUT2D eigenvalue weighted by Crippen LogP contribution is -2.38. The highest BCUT2D eigenvalue weighted by molar-refractivity contribution is 7.15. The molecule has 164 valence electrons. The molecule has 0 spiro atoms. The van der Waals surface area contributed by atoms with Crippen LogP contribution in [0.2, 0.25) is 5.28 Å². The molecule has 3 aromatic rings. The molecule has 1 N–H and O–H groups in total. The van der Waals surface area contributed by atoms with E-state index in [4.69, 9.17) is 16.6 Å². The van der Waals surface area contributed by atoms with Gasteiger partial charge in [-0.3, -0.25) is 9.47 Å². The molecule has 1 aliphatic heterocycles. The molecule has 4 rings (SSSR count). The summed E-state index contributed by atoms with van der Waals surface area (Å²) in [5.74, 6) is -0.611. The van der Waals surface area contributed by atoms with E-state index in [2.05, 4.69) is 9.88 Å². The van der Waals surface area contributed by atoms with E-state index in [0.717, 1.165) is 29.2 Å². The third kappa shape index (κ3) is 5.09. The Balaban J connectivity index is 1.37. The van der Waals surface area contributed by atoms with Gasteiger partial charge in [0.2, 0.25) is 0 Å². The highest BCUT2D eigenvalue weighted by atomic mass is 35.5. The summed E-state index contributed by atoms with van der Waals surface area (Å²) in [5.41, 5.74) is 0.810. The number of thiazole rings is 1. The molecule has 1 atom stereocenters. The summed E-state index contributed by atoms with van der Waals surface area (Å²) in [4.78, 5) is 22.1. The standard InChI is InChI=1S/C20H21ClFN5O3S/c1-20(28,12-26-11-17(27(29)30)24-19(26)21)7-9-25-8-6-16-15(10-25)23-18(31-16)13-2-4-14(22)5-3-13/h2-5,11,28H,6-10,12H2,1H3/t20-/m0/s1. The maximum Gasteiger partial charge on any atom is 0.383 e. The summed E-state index contributed by atoms with van der Waals surface area (Å²) in [7, 11) is 0. The Kier molecular flexibility index (Phi) is 6.07. The lowest BCUT2D eigenvalue weighted by atomic mass is 10.0. The van der Waals surface area contributed by atoms with Crippen LogP contribution in [0, 0.1) is 15.9 Å². The zero-order valence-corrected chi connectivity index (χ0v) is 18.4. The number of imidazole rings is 1. The van der Waals surface area contributed by atoms with E-state index in [9.17, 15) is 19.6 Å². The van der Waals surface area contributed by atoms with Crippen LogP contribution in [0.5, 0.6) is 0 Å². The minimum Gasteiger partial charge on any atom is -0.388 e. The Bertz CT molecular complexity index is 1100. The van der Waals surface area contributed by atoms with Crippen molar-refractivity contribution < 1.29 is 14.4 Å². The molecule has 0 unspecified atom stereocenters. The fraction of sp³-hybridized carbons (Fsp3) is 0.400. The summed E-state index contributed by atoms with van der Waals surface area (Å²) in [6, 6.07) is 6.34. The van der Waals surface area contributed by atoms with Gasteiger partial charge in [-0.05, 0) is 65.5 Å². The van der Waals surface area contributed by atoms with Crippen LogP contribution in [0.1, 0.15) is 23.9 Å². The van der Waals surface area contributed by atoms with Gasteiger partial charge in [0, 0.05) is 30.1 Å². The first kappa shape index (κ1) is 21.8. The van der Waals surface area contributed by atoms with Crippen molar-refractivity contribution >= 4 is 28.8 Å². The molecule has 3 heterocycles. The summed E-state index contributed by atoms with van der Waals surface area (Å²) in [5, 5.41) is 22.5. The van der Waals surface area contributed by atoms with Crippen molar-refractivity contribution in [3.63, 3.8) is 0 Å².